The molecule has 3 rings (SSSR count). The summed E-state index contributed by atoms with van der Waals surface area (Å²) in [5.41, 5.74) is 2.77. The maximum atomic E-state index is 12.1. The summed E-state index contributed by atoms with van der Waals surface area (Å²) in [6.07, 6.45) is 3.77. The van der Waals surface area contributed by atoms with Gasteiger partial charge in [-0.25, -0.2) is 4.98 Å². The molecule has 0 unspecified atom stereocenters. The molecule has 4 nitrogen and oxygen atoms in total. The van der Waals surface area contributed by atoms with E-state index in [0.29, 0.717) is 11.6 Å². The SMILES string of the molecule is O=C(Cc1csc(CCc2ccccn2)n1)NCc1ccccc1Cl. The standard InChI is InChI=1S/C19H18ClN3OS/c20-17-7-2-1-5-14(17)12-22-18(24)11-16-13-25-19(23-16)9-8-15-6-3-4-10-21-15/h1-7,10,13H,8-9,11-12H2,(H,22,24). The summed E-state index contributed by atoms with van der Waals surface area (Å²) in [5, 5.41) is 6.52. The number of nitrogens with zero attached hydrogens (tertiary/aromatic N) is 2. The molecular formula is C19H18ClN3OS. The van der Waals surface area contributed by atoms with Crippen LogP contribution in [0.15, 0.2) is 54.0 Å². The normalized spacial score (nSPS) is 10.6. The third-order valence-corrected chi connectivity index (χ3v) is 5.02. The zero-order valence-electron chi connectivity index (χ0n) is 13.6. The van der Waals surface area contributed by atoms with Gasteiger partial charge in [-0.2, -0.15) is 0 Å². The summed E-state index contributed by atoms with van der Waals surface area (Å²) in [6.45, 7) is 0.426. The minimum absolute atomic E-state index is 0.0542. The van der Waals surface area contributed by atoms with Gasteiger partial charge in [0.05, 0.1) is 17.1 Å². The van der Waals surface area contributed by atoms with Crippen molar-refractivity contribution in [2.75, 3.05) is 0 Å². The molecule has 3 aromatic rings. The van der Waals surface area contributed by atoms with Crippen LogP contribution in [0.25, 0.3) is 0 Å². The van der Waals surface area contributed by atoms with E-state index in [9.17, 15) is 4.79 Å². The number of nitrogens with one attached hydrogen (secondary N) is 1. The van der Waals surface area contributed by atoms with Crippen molar-refractivity contribution in [2.45, 2.75) is 25.8 Å². The van der Waals surface area contributed by atoms with E-state index in [1.807, 2.05) is 47.8 Å². The van der Waals surface area contributed by atoms with Gasteiger partial charge in [0.2, 0.25) is 5.91 Å². The first kappa shape index (κ1) is 17.6. The third-order valence-electron chi connectivity index (χ3n) is 3.70. The zero-order valence-corrected chi connectivity index (χ0v) is 15.2. The zero-order chi connectivity index (χ0) is 17.5. The van der Waals surface area contributed by atoms with Crippen molar-refractivity contribution in [3.63, 3.8) is 0 Å². The molecule has 128 valence electrons. The Kier molecular flexibility index (Phi) is 6.14. The number of hydrogen-bond donors (Lipinski definition) is 1. The number of amides is 1. The number of carbonyl (C=O) groups excluding carboxylic acids is 1. The quantitative estimate of drug-likeness (QED) is 0.686. The summed E-state index contributed by atoms with van der Waals surface area (Å²) in [7, 11) is 0. The smallest absolute Gasteiger partial charge is 0.226 e. The van der Waals surface area contributed by atoms with E-state index >= 15 is 0 Å². The number of aromatic nitrogens is 2. The van der Waals surface area contributed by atoms with Crippen molar-refractivity contribution in [2.24, 2.45) is 0 Å². The van der Waals surface area contributed by atoms with E-state index in [-0.39, 0.29) is 12.3 Å². The highest BCUT2D eigenvalue weighted by Crippen LogP contribution is 2.15. The predicted molar refractivity (Wildman–Crippen MR) is 101 cm³/mol. The van der Waals surface area contributed by atoms with Gasteiger partial charge >= 0.3 is 0 Å². The van der Waals surface area contributed by atoms with Gasteiger partial charge in [0.25, 0.3) is 0 Å². The Morgan fingerprint density at radius 3 is 2.72 bits per heavy atom. The Labute approximate surface area is 155 Å². The summed E-state index contributed by atoms with van der Waals surface area (Å²) in [5.74, 6) is -0.0542. The van der Waals surface area contributed by atoms with E-state index < -0.39 is 0 Å². The molecule has 0 radical (unpaired) electrons. The lowest BCUT2D eigenvalue weighted by Crippen LogP contribution is -2.24. The molecule has 1 amide bonds. The van der Waals surface area contributed by atoms with Gasteiger partial charge in [-0.15, -0.1) is 11.3 Å². The first-order valence-corrected chi connectivity index (χ1v) is 9.30. The van der Waals surface area contributed by atoms with E-state index in [1.165, 1.54) is 0 Å². The lowest BCUT2D eigenvalue weighted by atomic mass is 10.2. The molecule has 0 atom stereocenters. The molecule has 2 heterocycles. The highest BCUT2D eigenvalue weighted by atomic mass is 35.5. The number of halogens is 1. The van der Waals surface area contributed by atoms with Gasteiger partial charge in [-0.05, 0) is 30.2 Å². The minimum atomic E-state index is -0.0542. The second-order valence-corrected chi connectivity index (χ2v) is 6.95. The fourth-order valence-electron chi connectivity index (χ4n) is 2.39. The monoisotopic (exact) mass is 371 g/mol. The van der Waals surface area contributed by atoms with Gasteiger partial charge in [0, 0.05) is 35.3 Å². The summed E-state index contributed by atoms with van der Waals surface area (Å²) in [6, 6.07) is 13.4. The molecule has 0 aliphatic carbocycles. The van der Waals surface area contributed by atoms with Crippen LogP contribution in [0.1, 0.15) is 22.0 Å². The largest absolute Gasteiger partial charge is 0.352 e. The first-order valence-electron chi connectivity index (χ1n) is 8.04. The van der Waals surface area contributed by atoms with Crippen molar-refractivity contribution >= 4 is 28.8 Å². The van der Waals surface area contributed by atoms with Crippen LogP contribution in [0.2, 0.25) is 5.02 Å². The topological polar surface area (TPSA) is 54.9 Å². The van der Waals surface area contributed by atoms with Gasteiger partial charge in [-0.3, -0.25) is 9.78 Å². The molecule has 0 aliphatic rings. The Morgan fingerprint density at radius 1 is 1.08 bits per heavy atom. The van der Waals surface area contributed by atoms with E-state index in [0.717, 1.165) is 34.8 Å². The molecule has 1 aromatic carbocycles. The molecule has 0 spiro atoms. The van der Waals surface area contributed by atoms with Crippen molar-refractivity contribution in [1.82, 2.24) is 15.3 Å². The summed E-state index contributed by atoms with van der Waals surface area (Å²) >= 11 is 7.68. The van der Waals surface area contributed by atoms with Crippen LogP contribution in [-0.2, 0) is 30.6 Å². The summed E-state index contributed by atoms with van der Waals surface area (Å²) in [4.78, 5) is 20.9. The van der Waals surface area contributed by atoms with Crippen LogP contribution >= 0.6 is 22.9 Å². The molecule has 0 saturated heterocycles. The molecule has 0 bridgehead atoms. The Morgan fingerprint density at radius 2 is 1.92 bits per heavy atom. The highest BCUT2D eigenvalue weighted by molar-refractivity contribution is 7.09. The number of thiazole rings is 1. The van der Waals surface area contributed by atoms with Crippen LogP contribution in [-0.4, -0.2) is 15.9 Å². The van der Waals surface area contributed by atoms with E-state index in [1.54, 1.807) is 17.5 Å². The number of pyridine rings is 1. The number of rotatable bonds is 7. The van der Waals surface area contributed by atoms with Crippen molar-refractivity contribution in [1.29, 1.82) is 0 Å². The van der Waals surface area contributed by atoms with Crippen LogP contribution in [0, 0.1) is 0 Å². The maximum Gasteiger partial charge on any atom is 0.226 e. The highest BCUT2D eigenvalue weighted by Gasteiger charge is 2.09. The van der Waals surface area contributed by atoms with Crippen LogP contribution < -0.4 is 5.32 Å². The minimum Gasteiger partial charge on any atom is -0.352 e. The molecule has 0 saturated carbocycles. The number of benzene rings is 1. The molecule has 0 fully saturated rings. The average molecular weight is 372 g/mol. The lowest BCUT2D eigenvalue weighted by Gasteiger charge is -2.06. The molecule has 2 aromatic heterocycles. The number of carbonyl (C=O) groups is 1. The lowest BCUT2D eigenvalue weighted by molar-refractivity contribution is -0.120. The third kappa shape index (κ3) is 5.37. The molecular weight excluding hydrogens is 354 g/mol. The maximum absolute atomic E-state index is 12.1. The Hall–Kier alpha value is -2.24. The van der Waals surface area contributed by atoms with Crippen molar-refractivity contribution in [3.05, 3.63) is 81.0 Å². The second kappa shape index (κ2) is 8.74. The average Bonchev–Trinajstić information content (AvgIpc) is 3.07. The first-order chi connectivity index (χ1) is 12.2. The van der Waals surface area contributed by atoms with Gasteiger partial charge in [0.15, 0.2) is 0 Å². The van der Waals surface area contributed by atoms with Crippen LogP contribution in [0.4, 0.5) is 0 Å². The van der Waals surface area contributed by atoms with Gasteiger partial charge < -0.3 is 5.32 Å². The molecule has 1 N–H and O–H groups in total. The fraction of sp³-hybridized carbons (Fsp3) is 0.211. The predicted octanol–water partition coefficient (Wildman–Crippen LogP) is 3.84. The van der Waals surface area contributed by atoms with Crippen molar-refractivity contribution in [3.8, 4) is 0 Å². The number of aryl methyl sites for hydroxylation is 2. The van der Waals surface area contributed by atoms with Crippen LogP contribution in [0.3, 0.4) is 0 Å². The van der Waals surface area contributed by atoms with Gasteiger partial charge in [0.1, 0.15) is 0 Å². The Balaban J connectivity index is 1.47. The van der Waals surface area contributed by atoms with E-state index in [2.05, 4.69) is 15.3 Å². The second-order valence-electron chi connectivity index (χ2n) is 5.60. The fourth-order valence-corrected chi connectivity index (χ4v) is 3.39. The molecule has 25 heavy (non-hydrogen) atoms. The summed E-state index contributed by atoms with van der Waals surface area (Å²) < 4.78 is 0. The Bertz CT molecular complexity index is 835. The molecule has 0 aliphatic heterocycles. The van der Waals surface area contributed by atoms with E-state index in [4.69, 9.17) is 11.6 Å². The number of hydrogen-bond acceptors (Lipinski definition) is 4. The van der Waals surface area contributed by atoms with Gasteiger partial charge in [-0.1, -0.05) is 35.9 Å². The molecule has 6 heteroatoms. The van der Waals surface area contributed by atoms with Crippen LogP contribution in [0.5, 0.6) is 0 Å². The van der Waals surface area contributed by atoms with Crippen molar-refractivity contribution < 1.29 is 4.79 Å².